The average Bonchev–Trinajstić information content (AvgIpc) is 2.73. The van der Waals surface area contributed by atoms with Gasteiger partial charge in [-0.3, -0.25) is 9.67 Å². The van der Waals surface area contributed by atoms with Crippen LogP contribution in [0.1, 0.15) is 63.4 Å². The van der Waals surface area contributed by atoms with Gasteiger partial charge in [-0.1, -0.05) is 26.2 Å². The summed E-state index contributed by atoms with van der Waals surface area (Å²) in [5, 5.41) is 7.51. The summed E-state index contributed by atoms with van der Waals surface area (Å²) in [6.45, 7) is 2.22. The maximum absolute atomic E-state index is 5.44. The van der Waals surface area contributed by atoms with Crippen molar-refractivity contribution in [3.05, 3.63) is 10.6 Å². The predicted molar refractivity (Wildman–Crippen MR) is 75.4 cm³/mol. The van der Waals surface area contributed by atoms with E-state index in [0.717, 1.165) is 17.0 Å². The Kier molecular flexibility index (Phi) is 4.56. The van der Waals surface area contributed by atoms with E-state index in [9.17, 15) is 0 Å². The van der Waals surface area contributed by atoms with Crippen LogP contribution in [0, 0.1) is 4.77 Å². The highest BCUT2D eigenvalue weighted by molar-refractivity contribution is 7.71. The minimum absolute atomic E-state index is 0.430. The molecule has 0 amide bonds. The van der Waals surface area contributed by atoms with Crippen molar-refractivity contribution in [1.29, 1.82) is 0 Å². The fourth-order valence-electron chi connectivity index (χ4n) is 3.10. The Morgan fingerprint density at radius 1 is 1.39 bits per heavy atom. The van der Waals surface area contributed by atoms with E-state index in [0.29, 0.717) is 12.1 Å². The Morgan fingerprint density at radius 2 is 2.06 bits per heavy atom. The minimum atomic E-state index is 0.430. The number of hydrogen-bond donors (Lipinski definition) is 2. The van der Waals surface area contributed by atoms with Crippen LogP contribution in [0.3, 0.4) is 0 Å². The number of hydrogen-bond acceptors (Lipinski definition) is 2. The van der Waals surface area contributed by atoms with Crippen LogP contribution in [0.15, 0.2) is 0 Å². The van der Waals surface area contributed by atoms with Crippen LogP contribution in [-0.4, -0.2) is 28.9 Å². The Hall–Kier alpha value is -0.680. The zero-order valence-electron chi connectivity index (χ0n) is 11.7. The van der Waals surface area contributed by atoms with Crippen molar-refractivity contribution in [2.45, 2.75) is 57.5 Å². The van der Waals surface area contributed by atoms with Gasteiger partial charge in [0.15, 0.2) is 10.6 Å². The fourth-order valence-corrected chi connectivity index (χ4v) is 3.39. The molecule has 0 aromatic carbocycles. The van der Waals surface area contributed by atoms with Crippen molar-refractivity contribution >= 4 is 12.2 Å². The van der Waals surface area contributed by atoms with E-state index in [1.54, 1.807) is 0 Å². The topological polar surface area (TPSA) is 38.0 Å². The smallest absolute Gasteiger partial charge is 0.195 e. The number of aromatic nitrogens is 3. The van der Waals surface area contributed by atoms with Gasteiger partial charge in [0.05, 0.1) is 14.1 Å². The first-order valence-electron chi connectivity index (χ1n) is 7.12. The highest BCUT2D eigenvalue weighted by Crippen LogP contribution is 2.30. The number of nitrogens with one attached hydrogen (secondary N) is 2. The standard InChI is InChI=1S/C13H24N4S/c1-4-11(16(2)3)12-14-15-13(18)17(12)10-8-6-5-7-9-10/h10-11H,4-9H2,1-3H3,(H,15,18)/p+1/t11-/m0/s1. The minimum Gasteiger partial charge on any atom is -0.331 e. The zero-order chi connectivity index (χ0) is 13.1. The van der Waals surface area contributed by atoms with Crippen molar-refractivity contribution in [1.82, 2.24) is 14.8 Å². The highest BCUT2D eigenvalue weighted by Gasteiger charge is 2.27. The lowest BCUT2D eigenvalue weighted by Crippen LogP contribution is -3.06. The molecule has 5 heteroatoms. The quantitative estimate of drug-likeness (QED) is 0.821. The zero-order valence-corrected chi connectivity index (χ0v) is 12.5. The van der Waals surface area contributed by atoms with Crippen molar-refractivity contribution < 1.29 is 4.90 Å². The molecule has 1 heterocycles. The normalized spacial score (nSPS) is 19.3. The molecular formula is C13H25N4S+. The van der Waals surface area contributed by atoms with Crippen LogP contribution >= 0.6 is 12.2 Å². The van der Waals surface area contributed by atoms with Crippen molar-refractivity contribution in [3.8, 4) is 0 Å². The Labute approximate surface area is 114 Å². The molecule has 4 nitrogen and oxygen atoms in total. The summed E-state index contributed by atoms with van der Waals surface area (Å²) in [7, 11) is 4.38. The van der Waals surface area contributed by atoms with E-state index in [4.69, 9.17) is 12.2 Å². The summed E-state index contributed by atoms with van der Waals surface area (Å²) < 4.78 is 3.10. The number of aromatic amines is 1. The molecule has 1 aromatic heterocycles. The van der Waals surface area contributed by atoms with Crippen LogP contribution in [0.25, 0.3) is 0 Å². The van der Waals surface area contributed by atoms with E-state index in [1.165, 1.54) is 37.0 Å². The van der Waals surface area contributed by atoms with Gasteiger partial charge in [-0.15, -0.1) is 0 Å². The summed E-state index contributed by atoms with van der Waals surface area (Å²) in [5.41, 5.74) is 0. The second kappa shape index (κ2) is 5.97. The number of rotatable bonds is 4. The molecule has 1 aliphatic rings. The van der Waals surface area contributed by atoms with Gasteiger partial charge in [0, 0.05) is 12.5 Å². The van der Waals surface area contributed by atoms with Gasteiger partial charge < -0.3 is 4.90 Å². The first-order valence-corrected chi connectivity index (χ1v) is 7.52. The summed E-state index contributed by atoms with van der Waals surface area (Å²) in [5.74, 6) is 1.15. The molecule has 2 rings (SSSR count). The molecule has 1 saturated carbocycles. The van der Waals surface area contributed by atoms with E-state index in [-0.39, 0.29) is 0 Å². The molecule has 0 unspecified atom stereocenters. The SMILES string of the molecule is CC[C@@H](c1n[nH]c(=S)n1C1CCCCC1)[NH+](C)C. The Bertz CT molecular complexity index is 428. The first-order chi connectivity index (χ1) is 8.65. The maximum atomic E-state index is 5.44. The van der Waals surface area contributed by atoms with E-state index in [2.05, 4.69) is 35.8 Å². The second-order valence-electron chi connectivity index (χ2n) is 5.59. The third-order valence-electron chi connectivity index (χ3n) is 4.09. The molecule has 0 spiro atoms. The molecule has 102 valence electrons. The van der Waals surface area contributed by atoms with Gasteiger partial charge in [-0.25, -0.2) is 0 Å². The van der Waals surface area contributed by atoms with E-state index >= 15 is 0 Å². The van der Waals surface area contributed by atoms with Gasteiger partial charge in [-0.05, 0) is 25.1 Å². The maximum Gasteiger partial charge on any atom is 0.195 e. The molecule has 0 aliphatic heterocycles. The van der Waals surface area contributed by atoms with Gasteiger partial charge in [-0.2, -0.15) is 5.10 Å². The lowest BCUT2D eigenvalue weighted by atomic mass is 9.95. The fraction of sp³-hybridized carbons (Fsp3) is 0.846. The van der Waals surface area contributed by atoms with E-state index in [1.807, 2.05) is 0 Å². The Balaban J connectivity index is 2.33. The second-order valence-corrected chi connectivity index (χ2v) is 5.97. The van der Waals surface area contributed by atoms with Crippen LogP contribution in [0.5, 0.6) is 0 Å². The number of quaternary nitrogens is 1. The summed E-state index contributed by atoms with van der Waals surface area (Å²) >= 11 is 5.44. The van der Waals surface area contributed by atoms with Crippen molar-refractivity contribution in [3.63, 3.8) is 0 Å². The van der Waals surface area contributed by atoms with Gasteiger partial charge in [0.2, 0.25) is 0 Å². The van der Waals surface area contributed by atoms with Crippen LogP contribution in [-0.2, 0) is 0 Å². The van der Waals surface area contributed by atoms with Crippen molar-refractivity contribution in [2.75, 3.05) is 14.1 Å². The molecule has 1 aromatic rings. The van der Waals surface area contributed by atoms with E-state index < -0.39 is 0 Å². The highest BCUT2D eigenvalue weighted by atomic mass is 32.1. The monoisotopic (exact) mass is 269 g/mol. The van der Waals surface area contributed by atoms with Gasteiger partial charge in [0.1, 0.15) is 6.04 Å². The molecule has 0 saturated heterocycles. The lowest BCUT2D eigenvalue weighted by molar-refractivity contribution is -0.893. The molecule has 0 radical (unpaired) electrons. The van der Waals surface area contributed by atoms with Gasteiger partial charge in [0.25, 0.3) is 0 Å². The van der Waals surface area contributed by atoms with Crippen LogP contribution < -0.4 is 4.90 Å². The molecule has 1 fully saturated rings. The predicted octanol–water partition coefficient (Wildman–Crippen LogP) is 2.04. The first kappa shape index (κ1) is 13.7. The lowest BCUT2D eigenvalue weighted by Gasteiger charge is -2.27. The number of H-pyrrole nitrogens is 1. The molecule has 18 heavy (non-hydrogen) atoms. The molecule has 1 atom stereocenters. The summed E-state index contributed by atoms with van der Waals surface area (Å²) in [6.07, 6.45) is 7.60. The molecule has 1 aliphatic carbocycles. The molecule has 2 N–H and O–H groups in total. The Morgan fingerprint density at radius 3 is 2.61 bits per heavy atom. The number of nitrogens with zero attached hydrogens (tertiary/aromatic N) is 2. The van der Waals surface area contributed by atoms with Crippen LogP contribution in [0.2, 0.25) is 0 Å². The third-order valence-corrected chi connectivity index (χ3v) is 4.38. The van der Waals surface area contributed by atoms with Crippen molar-refractivity contribution in [2.24, 2.45) is 0 Å². The largest absolute Gasteiger partial charge is 0.331 e. The van der Waals surface area contributed by atoms with Crippen LogP contribution in [0.4, 0.5) is 0 Å². The average molecular weight is 269 g/mol. The third kappa shape index (κ3) is 2.67. The molecular weight excluding hydrogens is 244 g/mol. The summed E-state index contributed by atoms with van der Waals surface area (Å²) in [6, 6.07) is 0.994. The summed E-state index contributed by atoms with van der Waals surface area (Å²) in [4.78, 5) is 1.42. The van der Waals surface area contributed by atoms with Gasteiger partial charge >= 0.3 is 0 Å². The molecule has 0 bridgehead atoms.